The third-order valence-electron chi connectivity index (χ3n) is 3.60. The van der Waals surface area contributed by atoms with Crippen molar-refractivity contribution in [2.75, 3.05) is 19.6 Å². The van der Waals surface area contributed by atoms with Crippen LogP contribution in [-0.4, -0.2) is 29.1 Å². The maximum atomic E-state index is 3.88. The number of halogens is 1. The molecule has 2 saturated heterocycles. The maximum Gasteiger partial charge on any atom is 0.144 e. The van der Waals surface area contributed by atoms with Crippen LogP contribution in [0.3, 0.4) is 0 Å². The van der Waals surface area contributed by atoms with Gasteiger partial charge in [0.1, 0.15) is 4.95 Å². The zero-order valence-corrected chi connectivity index (χ0v) is 9.35. The molecule has 0 radical (unpaired) electrons. The number of quaternary nitrogens is 1. The van der Waals surface area contributed by atoms with Crippen molar-refractivity contribution in [2.24, 2.45) is 0 Å². The van der Waals surface area contributed by atoms with Crippen molar-refractivity contribution in [1.82, 2.24) is 0 Å². The molecule has 0 N–H and O–H groups in total. The first kappa shape index (κ1) is 9.01. The molecule has 12 heavy (non-hydrogen) atoms. The quantitative estimate of drug-likeness (QED) is 0.343. The van der Waals surface area contributed by atoms with Crippen LogP contribution in [0.2, 0.25) is 0 Å². The van der Waals surface area contributed by atoms with Crippen LogP contribution in [0.25, 0.3) is 0 Å². The van der Waals surface area contributed by atoms with Crippen molar-refractivity contribution in [3.63, 3.8) is 0 Å². The molecule has 2 rings (SSSR count). The molecule has 0 aromatic carbocycles. The summed E-state index contributed by atoms with van der Waals surface area (Å²) in [6.07, 6.45) is 8.70. The van der Waals surface area contributed by atoms with Gasteiger partial charge in [0.2, 0.25) is 0 Å². The Morgan fingerprint density at radius 2 is 1.42 bits per heavy atom. The lowest BCUT2D eigenvalue weighted by atomic mass is 10.0. The van der Waals surface area contributed by atoms with Gasteiger partial charge < -0.3 is 4.48 Å². The predicted octanol–water partition coefficient (Wildman–Crippen LogP) is 2.89. The summed E-state index contributed by atoms with van der Waals surface area (Å²) in [5.74, 6) is 0. The van der Waals surface area contributed by atoms with Crippen LogP contribution >= 0.6 is 15.9 Å². The summed E-state index contributed by atoms with van der Waals surface area (Å²) in [6, 6.07) is 0. The Labute approximate surface area is 83.8 Å². The lowest BCUT2D eigenvalue weighted by Gasteiger charge is -2.47. The summed E-state index contributed by atoms with van der Waals surface area (Å²) in [6.45, 7) is 4.32. The molecule has 70 valence electrons. The number of hydrogen-bond acceptors (Lipinski definition) is 0. The van der Waals surface area contributed by atoms with E-state index in [1.54, 1.807) is 0 Å². The molecular formula is C10H19BrN+. The van der Waals surface area contributed by atoms with Crippen molar-refractivity contribution in [1.29, 1.82) is 0 Å². The smallest absolute Gasteiger partial charge is 0.144 e. The molecule has 1 nitrogen and oxygen atoms in total. The van der Waals surface area contributed by atoms with E-state index < -0.39 is 0 Å². The van der Waals surface area contributed by atoms with E-state index in [0.29, 0.717) is 0 Å². The van der Waals surface area contributed by atoms with Crippen LogP contribution in [0.5, 0.6) is 0 Å². The van der Waals surface area contributed by atoms with Gasteiger partial charge in [-0.05, 0) is 48.0 Å². The van der Waals surface area contributed by atoms with E-state index in [2.05, 4.69) is 15.9 Å². The zero-order chi connectivity index (χ0) is 8.44. The Kier molecular flexibility index (Phi) is 2.75. The van der Waals surface area contributed by atoms with Crippen LogP contribution < -0.4 is 0 Å². The van der Waals surface area contributed by atoms with Crippen LogP contribution in [0.15, 0.2) is 0 Å². The van der Waals surface area contributed by atoms with Gasteiger partial charge in [0.15, 0.2) is 0 Å². The first-order valence-electron chi connectivity index (χ1n) is 5.33. The first-order chi connectivity index (χ1) is 5.83. The van der Waals surface area contributed by atoms with Gasteiger partial charge in [-0.25, -0.2) is 0 Å². The number of nitrogens with zero attached hydrogens (tertiary/aromatic N) is 1. The molecule has 1 atom stereocenters. The van der Waals surface area contributed by atoms with Crippen LogP contribution in [-0.2, 0) is 0 Å². The molecule has 2 heterocycles. The SMILES string of the molecule is BrC1CCCC[N+]12CCCCC2. The molecule has 0 aromatic heterocycles. The van der Waals surface area contributed by atoms with E-state index in [9.17, 15) is 0 Å². The Hall–Kier alpha value is 0.440. The number of alkyl halides is 1. The number of rotatable bonds is 0. The summed E-state index contributed by atoms with van der Waals surface area (Å²) in [5, 5.41) is 0. The molecule has 0 aliphatic carbocycles. The van der Waals surface area contributed by atoms with Gasteiger partial charge in [-0.1, -0.05) is 0 Å². The van der Waals surface area contributed by atoms with Gasteiger partial charge in [-0.2, -0.15) is 0 Å². The molecule has 0 amide bonds. The fourth-order valence-corrected chi connectivity index (χ4v) is 3.74. The second kappa shape index (κ2) is 3.67. The van der Waals surface area contributed by atoms with Gasteiger partial charge in [0, 0.05) is 6.42 Å². The number of hydrogen-bond donors (Lipinski definition) is 0. The predicted molar refractivity (Wildman–Crippen MR) is 55.3 cm³/mol. The second-order valence-corrected chi connectivity index (χ2v) is 5.44. The largest absolute Gasteiger partial charge is 0.312 e. The minimum atomic E-state index is 0.784. The van der Waals surface area contributed by atoms with E-state index in [1.165, 1.54) is 62.6 Å². The van der Waals surface area contributed by atoms with Crippen molar-refractivity contribution >= 4 is 15.9 Å². The molecule has 2 fully saturated rings. The second-order valence-electron chi connectivity index (χ2n) is 4.38. The molecule has 1 spiro atoms. The summed E-state index contributed by atoms with van der Waals surface area (Å²) < 4.78 is 1.40. The number of piperidine rings is 2. The average molecular weight is 233 g/mol. The molecule has 0 aromatic rings. The minimum absolute atomic E-state index is 0.784. The third kappa shape index (κ3) is 1.56. The van der Waals surface area contributed by atoms with E-state index in [0.717, 1.165) is 4.95 Å². The fourth-order valence-electron chi connectivity index (χ4n) is 2.80. The van der Waals surface area contributed by atoms with Gasteiger partial charge in [0.05, 0.1) is 19.6 Å². The maximum absolute atomic E-state index is 3.88. The minimum Gasteiger partial charge on any atom is -0.312 e. The normalized spacial score (nSPS) is 35.2. The summed E-state index contributed by atoms with van der Waals surface area (Å²) in [4.78, 5) is 0.784. The highest BCUT2D eigenvalue weighted by atomic mass is 79.9. The average Bonchev–Trinajstić information content (AvgIpc) is 2.12. The van der Waals surface area contributed by atoms with Crippen molar-refractivity contribution in [2.45, 2.75) is 43.5 Å². The Bertz CT molecular complexity index is 144. The molecule has 0 saturated carbocycles. The van der Waals surface area contributed by atoms with Crippen molar-refractivity contribution < 1.29 is 4.48 Å². The van der Waals surface area contributed by atoms with E-state index >= 15 is 0 Å². The first-order valence-corrected chi connectivity index (χ1v) is 6.25. The molecule has 2 heteroatoms. The Morgan fingerprint density at radius 3 is 2.08 bits per heavy atom. The molecular weight excluding hydrogens is 214 g/mol. The van der Waals surface area contributed by atoms with E-state index in [4.69, 9.17) is 0 Å². The molecule has 1 unspecified atom stereocenters. The fraction of sp³-hybridized carbons (Fsp3) is 1.00. The standard InChI is InChI=1S/C10H19BrN/c11-10-6-2-5-9-12(10)7-3-1-4-8-12/h10H,1-9H2/q+1. The highest BCUT2D eigenvalue weighted by Crippen LogP contribution is 2.33. The zero-order valence-electron chi connectivity index (χ0n) is 7.77. The molecule has 0 bridgehead atoms. The van der Waals surface area contributed by atoms with Gasteiger partial charge in [-0.3, -0.25) is 0 Å². The van der Waals surface area contributed by atoms with Crippen LogP contribution in [0.4, 0.5) is 0 Å². The van der Waals surface area contributed by atoms with Gasteiger partial charge in [0.25, 0.3) is 0 Å². The highest BCUT2D eigenvalue weighted by Gasteiger charge is 2.38. The molecule has 2 aliphatic heterocycles. The monoisotopic (exact) mass is 232 g/mol. The topological polar surface area (TPSA) is 0 Å². The van der Waals surface area contributed by atoms with Crippen LogP contribution in [0, 0.1) is 0 Å². The molecule has 2 aliphatic rings. The Morgan fingerprint density at radius 1 is 0.833 bits per heavy atom. The summed E-state index contributed by atoms with van der Waals surface area (Å²) in [5.41, 5.74) is 0. The van der Waals surface area contributed by atoms with Crippen molar-refractivity contribution in [3.05, 3.63) is 0 Å². The van der Waals surface area contributed by atoms with Crippen molar-refractivity contribution in [3.8, 4) is 0 Å². The van der Waals surface area contributed by atoms with E-state index in [-0.39, 0.29) is 0 Å². The van der Waals surface area contributed by atoms with Crippen LogP contribution in [0.1, 0.15) is 38.5 Å². The summed E-state index contributed by atoms with van der Waals surface area (Å²) >= 11 is 3.88. The summed E-state index contributed by atoms with van der Waals surface area (Å²) in [7, 11) is 0. The lowest BCUT2D eigenvalue weighted by molar-refractivity contribution is -0.944. The van der Waals surface area contributed by atoms with E-state index in [1.807, 2.05) is 0 Å². The highest BCUT2D eigenvalue weighted by molar-refractivity contribution is 9.09. The third-order valence-corrected chi connectivity index (χ3v) is 4.92. The van der Waals surface area contributed by atoms with Gasteiger partial charge >= 0.3 is 0 Å². The van der Waals surface area contributed by atoms with Gasteiger partial charge in [-0.15, -0.1) is 0 Å². The Balaban J connectivity index is 2.04. The lowest BCUT2D eigenvalue weighted by Crippen LogP contribution is -2.58.